The summed E-state index contributed by atoms with van der Waals surface area (Å²) in [6, 6.07) is 73.8. The van der Waals surface area contributed by atoms with Gasteiger partial charge in [-0.2, -0.15) is 0 Å². The van der Waals surface area contributed by atoms with Gasteiger partial charge in [0.1, 0.15) is 0 Å². The van der Waals surface area contributed by atoms with Crippen LogP contribution < -0.4 is 31.1 Å². The van der Waals surface area contributed by atoms with Crippen LogP contribution in [0.3, 0.4) is 0 Å². The number of rotatable bonds is 7. The molecule has 0 saturated heterocycles. The Kier molecular flexibility index (Phi) is 14.0. The van der Waals surface area contributed by atoms with Crippen molar-refractivity contribution in [2.45, 2.75) is 182 Å². The van der Waals surface area contributed by atoms with E-state index in [1.807, 2.05) is 0 Å². The number of hydrogen-bond donors (Lipinski definition) is 0. The van der Waals surface area contributed by atoms with E-state index in [1.54, 1.807) is 0 Å². The molecule has 1 aliphatic carbocycles. The van der Waals surface area contributed by atoms with Crippen molar-refractivity contribution in [1.82, 2.24) is 0 Å². The Morgan fingerprint density at radius 1 is 0.349 bits per heavy atom. The summed E-state index contributed by atoms with van der Waals surface area (Å²) in [5.74, 6) is 0. The van der Waals surface area contributed by atoms with E-state index in [1.165, 1.54) is 106 Å². The number of benzene rings is 9. The molecule has 12 rings (SSSR count). The summed E-state index contributed by atoms with van der Waals surface area (Å²) >= 11 is 0. The van der Waals surface area contributed by atoms with Gasteiger partial charge >= 0.3 is 0 Å². The molecule has 0 bridgehead atoms. The quantitative estimate of drug-likeness (QED) is 0.147. The van der Waals surface area contributed by atoms with Crippen LogP contribution in [0.15, 0.2) is 188 Å². The zero-order chi connectivity index (χ0) is 61.4. The Morgan fingerprint density at radius 2 is 0.779 bits per heavy atom. The fourth-order valence-electron chi connectivity index (χ4n) is 14.1. The molecular weight excluding hydrogens is 1040 g/mol. The highest BCUT2D eigenvalue weighted by Crippen LogP contribution is 2.55. The van der Waals surface area contributed by atoms with Crippen molar-refractivity contribution in [3.8, 4) is 22.3 Å². The third-order valence-corrected chi connectivity index (χ3v) is 19.5. The highest BCUT2D eigenvalue weighted by molar-refractivity contribution is 7.00. The van der Waals surface area contributed by atoms with E-state index in [0.29, 0.717) is 0 Å². The molecule has 4 heteroatoms. The second-order valence-electron chi connectivity index (χ2n) is 31.9. The van der Waals surface area contributed by atoms with Crippen molar-refractivity contribution in [3.05, 3.63) is 227 Å². The number of fused-ring (bicyclic) bond motifs is 5. The van der Waals surface area contributed by atoms with Gasteiger partial charge in [-0.25, -0.2) is 0 Å². The molecular formula is C82H92BN3. The molecule has 9 aromatic carbocycles. The maximum atomic E-state index is 2.75. The summed E-state index contributed by atoms with van der Waals surface area (Å²) < 4.78 is 0. The first-order valence-corrected chi connectivity index (χ1v) is 31.8. The Balaban J connectivity index is 1.29. The maximum absolute atomic E-state index is 2.75. The summed E-state index contributed by atoms with van der Waals surface area (Å²) in [5, 5.41) is 0. The molecule has 438 valence electrons. The lowest BCUT2D eigenvalue weighted by atomic mass is 9.33. The van der Waals surface area contributed by atoms with Gasteiger partial charge in [-0.1, -0.05) is 247 Å². The third kappa shape index (κ3) is 10.4. The molecule has 0 amide bonds. The van der Waals surface area contributed by atoms with E-state index in [2.05, 4.69) is 334 Å². The molecule has 0 atom stereocenters. The van der Waals surface area contributed by atoms with Crippen LogP contribution in [0.25, 0.3) is 22.3 Å². The van der Waals surface area contributed by atoms with Crippen molar-refractivity contribution < 1.29 is 0 Å². The lowest BCUT2D eigenvalue weighted by Gasteiger charge is -2.48. The lowest BCUT2D eigenvalue weighted by molar-refractivity contribution is 0.332. The summed E-state index contributed by atoms with van der Waals surface area (Å²) in [6.07, 6.45) is 2.25. The summed E-state index contributed by atoms with van der Waals surface area (Å²) in [4.78, 5) is 7.91. The van der Waals surface area contributed by atoms with E-state index in [9.17, 15) is 0 Å². The Hall–Kier alpha value is -7.56. The van der Waals surface area contributed by atoms with Crippen LogP contribution in [0.4, 0.5) is 51.2 Å². The first-order valence-electron chi connectivity index (χ1n) is 31.8. The van der Waals surface area contributed by atoms with E-state index in [-0.39, 0.29) is 44.6 Å². The Bertz CT molecular complexity index is 3980. The lowest BCUT2D eigenvalue weighted by Crippen LogP contribution is -2.62. The molecule has 0 fully saturated rings. The second kappa shape index (κ2) is 20.5. The average molecular weight is 1130 g/mol. The summed E-state index contributed by atoms with van der Waals surface area (Å²) in [7, 11) is 0. The monoisotopic (exact) mass is 1130 g/mol. The maximum Gasteiger partial charge on any atom is 0.252 e. The Labute approximate surface area is 517 Å². The van der Waals surface area contributed by atoms with E-state index >= 15 is 0 Å². The molecule has 2 heterocycles. The van der Waals surface area contributed by atoms with Crippen molar-refractivity contribution >= 4 is 74.3 Å². The summed E-state index contributed by atoms with van der Waals surface area (Å²) in [5.41, 5.74) is 28.5. The first-order chi connectivity index (χ1) is 40.3. The molecule has 0 aromatic heterocycles. The molecule has 0 radical (unpaired) electrons. The molecule has 0 N–H and O–H groups in total. The normalized spacial score (nSPS) is 15.4. The minimum atomic E-state index is -0.172. The summed E-state index contributed by atoms with van der Waals surface area (Å²) in [6.45, 7) is 45.0. The van der Waals surface area contributed by atoms with Crippen LogP contribution >= 0.6 is 0 Å². The molecule has 0 unspecified atom stereocenters. The number of hydrogen-bond acceptors (Lipinski definition) is 3. The van der Waals surface area contributed by atoms with Gasteiger partial charge in [0.15, 0.2) is 0 Å². The number of nitrogens with zero attached hydrogens (tertiary/aromatic N) is 3. The fraction of sp³-hybridized carbons (Fsp3) is 0.341. The van der Waals surface area contributed by atoms with Gasteiger partial charge in [-0.3, -0.25) is 0 Å². The molecule has 3 nitrogen and oxygen atoms in total. The van der Waals surface area contributed by atoms with Crippen molar-refractivity contribution in [2.24, 2.45) is 0 Å². The topological polar surface area (TPSA) is 9.72 Å². The first kappa shape index (κ1) is 58.8. The van der Waals surface area contributed by atoms with Crippen LogP contribution in [0.5, 0.6) is 0 Å². The van der Waals surface area contributed by atoms with Gasteiger partial charge in [0.25, 0.3) is 6.71 Å². The smallest absolute Gasteiger partial charge is 0.252 e. The van der Waals surface area contributed by atoms with E-state index in [4.69, 9.17) is 0 Å². The second-order valence-corrected chi connectivity index (χ2v) is 31.9. The number of anilines is 9. The van der Waals surface area contributed by atoms with Gasteiger partial charge in [0.2, 0.25) is 0 Å². The van der Waals surface area contributed by atoms with Crippen LogP contribution in [-0.4, -0.2) is 6.71 Å². The van der Waals surface area contributed by atoms with Crippen molar-refractivity contribution in [3.63, 3.8) is 0 Å². The molecule has 0 spiro atoms. The molecule has 3 aliphatic rings. The average Bonchev–Trinajstić information content (AvgIpc) is 0.690. The van der Waals surface area contributed by atoms with E-state index < -0.39 is 0 Å². The van der Waals surface area contributed by atoms with Crippen LogP contribution in [0, 0.1) is 0 Å². The van der Waals surface area contributed by atoms with E-state index in [0.717, 1.165) is 35.6 Å². The highest BCUT2D eigenvalue weighted by Gasteiger charge is 2.48. The molecule has 86 heavy (non-hydrogen) atoms. The minimum Gasteiger partial charge on any atom is -0.311 e. The van der Waals surface area contributed by atoms with Gasteiger partial charge < -0.3 is 14.7 Å². The van der Waals surface area contributed by atoms with Gasteiger partial charge in [0.05, 0.1) is 11.4 Å². The SMILES string of the molecule is CC(C)(C)c1ccc(N(c2ccc(C(C)(C)C)cc2)c2cc3c4c(c2)N(c2cc(-c5ccccc5)c(C(C)(C)C)cc2-c2ccccc2)c2cc5c(cc2B4c2cc(C(C)(C)C)ccc2N3c2ccc(C(C)(C)C)cc2)C(C)(C)CCC5(C)C)cc1. The predicted octanol–water partition coefficient (Wildman–Crippen LogP) is 21.4. The van der Waals surface area contributed by atoms with Crippen molar-refractivity contribution in [2.75, 3.05) is 14.7 Å². The van der Waals surface area contributed by atoms with Gasteiger partial charge in [-0.15, -0.1) is 0 Å². The Morgan fingerprint density at radius 3 is 1.26 bits per heavy atom. The van der Waals surface area contributed by atoms with Crippen LogP contribution in [0.1, 0.15) is 183 Å². The fourth-order valence-corrected chi connectivity index (χ4v) is 14.1. The zero-order valence-electron chi connectivity index (χ0n) is 55.2. The minimum absolute atomic E-state index is 0.0134. The molecule has 9 aromatic rings. The van der Waals surface area contributed by atoms with Crippen molar-refractivity contribution in [1.29, 1.82) is 0 Å². The zero-order valence-corrected chi connectivity index (χ0v) is 55.2. The molecule has 2 aliphatic heterocycles. The third-order valence-electron chi connectivity index (χ3n) is 19.5. The van der Waals surface area contributed by atoms with Gasteiger partial charge in [0, 0.05) is 45.4 Å². The predicted molar refractivity (Wildman–Crippen MR) is 375 cm³/mol. The van der Waals surface area contributed by atoms with Gasteiger partial charge in [-0.05, 0) is 196 Å². The molecule has 0 saturated carbocycles. The standard InChI is InChI=1S/C82H92BN3/c1-76(2,3)55-30-37-59(38-31-55)84(60-39-32-56(33-40-60)77(4,5)6)62-47-73-75-74(48-62)86(71-50-63(53-26-22-20-23-27-53)65(80(13,14)15)49-64(71)54-28-24-21-25-29-54)72-52-67-66(81(16,17)44-45-82(67,18)19)51-69(72)83(75)68-46-58(79(10,11)12)36-43-70(68)85(73)61-41-34-57(35-42-61)78(7,8)9/h20-43,46-52H,44-45H2,1-19H3. The largest absolute Gasteiger partial charge is 0.311 e. The van der Waals surface area contributed by atoms with Crippen LogP contribution in [0.2, 0.25) is 0 Å². The highest BCUT2D eigenvalue weighted by atomic mass is 15.2. The van der Waals surface area contributed by atoms with Crippen LogP contribution in [-0.2, 0) is 37.9 Å².